The first-order valence-electron chi connectivity index (χ1n) is 9.62. The Bertz CT molecular complexity index is 1080. The number of benzene rings is 3. The molecule has 0 saturated carbocycles. The van der Waals surface area contributed by atoms with Gasteiger partial charge in [-0.1, -0.05) is 48.0 Å². The number of para-hydroxylation sites is 3. The number of carbonyl (C=O) groups is 2. The van der Waals surface area contributed by atoms with Gasteiger partial charge in [-0.05, 0) is 37.3 Å². The Morgan fingerprint density at radius 1 is 1.03 bits per heavy atom. The molecule has 1 N–H and O–H groups in total. The first-order chi connectivity index (χ1) is 14.6. The van der Waals surface area contributed by atoms with Crippen LogP contribution in [0.15, 0.2) is 72.8 Å². The lowest BCUT2D eigenvalue weighted by molar-refractivity contribution is -0.115. The van der Waals surface area contributed by atoms with Crippen LogP contribution in [-0.4, -0.2) is 24.7 Å². The van der Waals surface area contributed by atoms with E-state index >= 15 is 0 Å². The number of anilines is 2. The third-order valence-electron chi connectivity index (χ3n) is 5.00. The molecule has 0 spiro atoms. The Kier molecular flexibility index (Phi) is 5.77. The summed E-state index contributed by atoms with van der Waals surface area (Å²) in [4.78, 5) is 27.3. The number of nitrogens with zero attached hydrogens (tertiary/aromatic N) is 1. The lowest BCUT2D eigenvalue weighted by Gasteiger charge is -2.27. The van der Waals surface area contributed by atoms with E-state index in [1.54, 1.807) is 12.0 Å². The molecular formula is C24H22N2O3S. The van der Waals surface area contributed by atoms with Crippen LogP contribution >= 0.6 is 11.8 Å². The second kappa shape index (κ2) is 8.63. The van der Waals surface area contributed by atoms with Crippen molar-refractivity contribution in [3.8, 4) is 5.75 Å². The van der Waals surface area contributed by atoms with E-state index in [9.17, 15) is 9.59 Å². The number of aryl methyl sites for hydroxylation is 1. The SMILES string of the molecule is COc1ccccc1N1C(=O)CS[C@H]1c1ccccc1NC(=O)c1ccc(C)cc1. The van der Waals surface area contributed by atoms with Crippen LogP contribution in [0.3, 0.4) is 0 Å². The summed E-state index contributed by atoms with van der Waals surface area (Å²) in [6, 6.07) is 22.5. The molecule has 1 heterocycles. The lowest BCUT2D eigenvalue weighted by Crippen LogP contribution is -2.29. The molecule has 3 aromatic rings. The smallest absolute Gasteiger partial charge is 0.255 e. The van der Waals surface area contributed by atoms with Crippen LogP contribution in [0.5, 0.6) is 5.75 Å². The quantitative estimate of drug-likeness (QED) is 0.631. The van der Waals surface area contributed by atoms with E-state index in [1.807, 2.05) is 79.7 Å². The standard InChI is InChI=1S/C24H22N2O3S/c1-16-11-13-17(14-12-16)23(28)25-19-8-4-3-7-18(19)24-26(22(27)15-30-24)20-9-5-6-10-21(20)29-2/h3-14,24H,15H2,1-2H3,(H,25,28)/t24-/m0/s1. The first kappa shape index (κ1) is 20.0. The molecule has 5 nitrogen and oxygen atoms in total. The highest BCUT2D eigenvalue weighted by Gasteiger charge is 2.36. The number of methoxy groups -OCH3 is 1. The molecular weight excluding hydrogens is 396 g/mol. The van der Waals surface area contributed by atoms with Gasteiger partial charge in [0.15, 0.2) is 0 Å². The summed E-state index contributed by atoms with van der Waals surface area (Å²) in [6.07, 6.45) is 0. The van der Waals surface area contributed by atoms with Crippen LogP contribution in [0.1, 0.15) is 26.9 Å². The van der Waals surface area contributed by atoms with Crippen LogP contribution in [0.4, 0.5) is 11.4 Å². The van der Waals surface area contributed by atoms with E-state index in [4.69, 9.17) is 4.74 Å². The largest absolute Gasteiger partial charge is 0.495 e. The molecule has 1 atom stereocenters. The van der Waals surface area contributed by atoms with Crippen LogP contribution < -0.4 is 15.0 Å². The van der Waals surface area contributed by atoms with Crippen molar-refractivity contribution < 1.29 is 14.3 Å². The van der Waals surface area contributed by atoms with Crippen molar-refractivity contribution in [3.63, 3.8) is 0 Å². The number of thioether (sulfide) groups is 1. The Morgan fingerprint density at radius 3 is 2.50 bits per heavy atom. The Balaban J connectivity index is 1.68. The van der Waals surface area contributed by atoms with Gasteiger partial charge in [0.05, 0.1) is 18.6 Å². The normalized spacial score (nSPS) is 15.9. The number of amides is 2. The van der Waals surface area contributed by atoms with Gasteiger partial charge in [-0.2, -0.15) is 0 Å². The number of hydrogen-bond donors (Lipinski definition) is 1. The number of ether oxygens (including phenoxy) is 1. The summed E-state index contributed by atoms with van der Waals surface area (Å²) < 4.78 is 5.48. The van der Waals surface area contributed by atoms with Crippen LogP contribution in [0.2, 0.25) is 0 Å². The highest BCUT2D eigenvalue weighted by molar-refractivity contribution is 8.00. The van der Waals surface area contributed by atoms with E-state index in [0.29, 0.717) is 22.8 Å². The Labute approximate surface area is 180 Å². The van der Waals surface area contributed by atoms with Crippen molar-refractivity contribution in [2.45, 2.75) is 12.3 Å². The zero-order chi connectivity index (χ0) is 21.1. The fourth-order valence-corrected chi connectivity index (χ4v) is 4.67. The van der Waals surface area contributed by atoms with Gasteiger partial charge >= 0.3 is 0 Å². The second-order valence-corrected chi connectivity index (χ2v) is 8.07. The van der Waals surface area contributed by atoms with E-state index < -0.39 is 0 Å². The molecule has 4 rings (SSSR count). The molecule has 0 radical (unpaired) electrons. The Hall–Kier alpha value is -3.25. The van der Waals surface area contributed by atoms with Crippen molar-refractivity contribution in [1.29, 1.82) is 0 Å². The molecule has 1 aliphatic rings. The van der Waals surface area contributed by atoms with E-state index in [0.717, 1.165) is 16.8 Å². The molecule has 1 saturated heterocycles. The number of rotatable bonds is 5. The molecule has 3 aromatic carbocycles. The molecule has 1 aliphatic heterocycles. The zero-order valence-corrected chi connectivity index (χ0v) is 17.6. The van der Waals surface area contributed by atoms with Gasteiger partial charge in [-0.15, -0.1) is 11.8 Å². The van der Waals surface area contributed by atoms with Crippen molar-refractivity contribution in [2.24, 2.45) is 0 Å². The van der Waals surface area contributed by atoms with Crippen molar-refractivity contribution in [1.82, 2.24) is 0 Å². The molecule has 30 heavy (non-hydrogen) atoms. The highest BCUT2D eigenvalue weighted by Crippen LogP contribution is 2.46. The van der Waals surface area contributed by atoms with E-state index in [2.05, 4.69) is 5.32 Å². The van der Waals surface area contributed by atoms with Gasteiger partial charge < -0.3 is 10.1 Å². The maximum absolute atomic E-state index is 12.8. The molecule has 0 aliphatic carbocycles. The van der Waals surface area contributed by atoms with Gasteiger partial charge in [0, 0.05) is 16.8 Å². The van der Waals surface area contributed by atoms with Gasteiger partial charge in [0.1, 0.15) is 11.1 Å². The topological polar surface area (TPSA) is 58.6 Å². The summed E-state index contributed by atoms with van der Waals surface area (Å²) in [5.41, 5.74) is 3.97. The summed E-state index contributed by atoms with van der Waals surface area (Å²) in [5, 5.41) is 2.76. The minimum atomic E-state index is -0.261. The van der Waals surface area contributed by atoms with Gasteiger partial charge in [-0.3, -0.25) is 14.5 Å². The van der Waals surface area contributed by atoms with E-state index in [-0.39, 0.29) is 17.2 Å². The molecule has 0 aromatic heterocycles. The molecule has 152 valence electrons. The predicted molar refractivity (Wildman–Crippen MR) is 121 cm³/mol. The van der Waals surface area contributed by atoms with Crippen LogP contribution in [0, 0.1) is 6.92 Å². The first-order valence-corrected chi connectivity index (χ1v) is 10.7. The fraction of sp³-hybridized carbons (Fsp3) is 0.167. The average Bonchev–Trinajstić information content (AvgIpc) is 3.15. The minimum absolute atomic E-state index is 0.00849. The Morgan fingerprint density at radius 2 is 1.73 bits per heavy atom. The highest BCUT2D eigenvalue weighted by atomic mass is 32.2. The van der Waals surface area contributed by atoms with Gasteiger partial charge in [0.25, 0.3) is 5.91 Å². The maximum Gasteiger partial charge on any atom is 0.255 e. The zero-order valence-electron chi connectivity index (χ0n) is 16.8. The third-order valence-corrected chi connectivity index (χ3v) is 6.20. The van der Waals surface area contributed by atoms with Gasteiger partial charge in [0.2, 0.25) is 5.91 Å². The lowest BCUT2D eigenvalue weighted by atomic mass is 10.1. The third kappa shape index (κ3) is 3.91. The molecule has 6 heteroatoms. The summed E-state index contributed by atoms with van der Waals surface area (Å²) in [5.74, 6) is 0.831. The number of hydrogen-bond acceptors (Lipinski definition) is 4. The number of nitrogens with one attached hydrogen (secondary N) is 1. The molecule has 0 unspecified atom stereocenters. The second-order valence-electron chi connectivity index (χ2n) is 7.01. The monoisotopic (exact) mass is 418 g/mol. The summed E-state index contributed by atoms with van der Waals surface area (Å²) in [7, 11) is 1.59. The summed E-state index contributed by atoms with van der Waals surface area (Å²) >= 11 is 1.53. The van der Waals surface area contributed by atoms with Crippen molar-refractivity contribution in [2.75, 3.05) is 23.1 Å². The summed E-state index contributed by atoms with van der Waals surface area (Å²) in [6.45, 7) is 1.98. The van der Waals surface area contributed by atoms with Crippen LogP contribution in [0.25, 0.3) is 0 Å². The minimum Gasteiger partial charge on any atom is -0.495 e. The van der Waals surface area contributed by atoms with Crippen LogP contribution in [-0.2, 0) is 4.79 Å². The van der Waals surface area contributed by atoms with Crippen molar-refractivity contribution in [3.05, 3.63) is 89.5 Å². The molecule has 2 amide bonds. The molecule has 0 bridgehead atoms. The number of carbonyl (C=O) groups excluding carboxylic acids is 2. The molecule has 1 fully saturated rings. The average molecular weight is 419 g/mol. The van der Waals surface area contributed by atoms with Crippen molar-refractivity contribution >= 4 is 35.0 Å². The van der Waals surface area contributed by atoms with E-state index in [1.165, 1.54) is 11.8 Å². The fourth-order valence-electron chi connectivity index (χ4n) is 3.47. The maximum atomic E-state index is 12.8. The van der Waals surface area contributed by atoms with Gasteiger partial charge in [-0.25, -0.2) is 0 Å². The predicted octanol–water partition coefficient (Wildman–Crippen LogP) is 5.03.